The SMILES string of the molecule is Cc1cc(OCC(=O)Nc2ccc3[nH]ccc3c2)c2c(C)cc(=O)oc2c1. The Morgan fingerprint density at radius 1 is 1.15 bits per heavy atom. The molecule has 0 aliphatic heterocycles. The lowest BCUT2D eigenvalue weighted by Crippen LogP contribution is -2.20. The quantitative estimate of drug-likeness (QED) is 0.539. The number of aromatic nitrogens is 1. The summed E-state index contributed by atoms with van der Waals surface area (Å²) in [7, 11) is 0. The molecule has 4 aromatic rings. The maximum absolute atomic E-state index is 12.3. The van der Waals surface area contributed by atoms with Gasteiger partial charge in [0.2, 0.25) is 0 Å². The first kappa shape index (κ1) is 16.9. The van der Waals surface area contributed by atoms with Crippen LogP contribution < -0.4 is 15.7 Å². The minimum atomic E-state index is -0.408. The number of carbonyl (C=O) groups is 1. The number of aromatic amines is 1. The number of benzene rings is 2. The molecule has 2 heterocycles. The monoisotopic (exact) mass is 362 g/mol. The molecule has 6 nitrogen and oxygen atoms in total. The van der Waals surface area contributed by atoms with Crippen molar-refractivity contribution in [3.63, 3.8) is 0 Å². The Kier molecular flexibility index (Phi) is 4.16. The van der Waals surface area contributed by atoms with Gasteiger partial charge in [-0.2, -0.15) is 0 Å². The molecule has 0 radical (unpaired) electrons. The number of H-pyrrole nitrogens is 1. The lowest BCUT2D eigenvalue weighted by Gasteiger charge is -2.12. The van der Waals surface area contributed by atoms with Crippen molar-refractivity contribution in [3.8, 4) is 5.75 Å². The summed E-state index contributed by atoms with van der Waals surface area (Å²) < 4.78 is 11.0. The van der Waals surface area contributed by atoms with Crippen LogP contribution in [0, 0.1) is 13.8 Å². The average Bonchev–Trinajstić information content (AvgIpc) is 3.06. The second-order valence-corrected chi connectivity index (χ2v) is 6.50. The van der Waals surface area contributed by atoms with Crippen molar-refractivity contribution in [2.24, 2.45) is 0 Å². The van der Waals surface area contributed by atoms with Crippen LogP contribution in [0.25, 0.3) is 21.9 Å². The molecule has 27 heavy (non-hydrogen) atoms. The lowest BCUT2D eigenvalue weighted by atomic mass is 10.1. The largest absolute Gasteiger partial charge is 0.483 e. The number of hydrogen-bond donors (Lipinski definition) is 2. The Balaban J connectivity index is 1.54. The van der Waals surface area contributed by atoms with Gasteiger partial charge in [0.25, 0.3) is 5.91 Å². The van der Waals surface area contributed by atoms with Crippen LogP contribution in [0.1, 0.15) is 11.1 Å². The van der Waals surface area contributed by atoms with E-state index in [9.17, 15) is 9.59 Å². The van der Waals surface area contributed by atoms with Crippen LogP contribution in [0.2, 0.25) is 0 Å². The number of aryl methyl sites for hydroxylation is 2. The van der Waals surface area contributed by atoms with Gasteiger partial charge in [-0.1, -0.05) is 0 Å². The Hall–Kier alpha value is -3.54. The number of fused-ring (bicyclic) bond motifs is 2. The molecule has 0 fully saturated rings. The summed E-state index contributed by atoms with van der Waals surface area (Å²) in [5.74, 6) is 0.247. The fourth-order valence-electron chi connectivity index (χ4n) is 3.16. The third-order valence-electron chi connectivity index (χ3n) is 4.35. The van der Waals surface area contributed by atoms with Crippen molar-refractivity contribution in [1.82, 2.24) is 4.98 Å². The molecule has 6 heteroatoms. The van der Waals surface area contributed by atoms with Gasteiger partial charge >= 0.3 is 5.63 Å². The van der Waals surface area contributed by atoms with E-state index in [1.165, 1.54) is 6.07 Å². The van der Waals surface area contributed by atoms with E-state index in [-0.39, 0.29) is 12.5 Å². The van der Waals surface area contributed by atoms with E-state index in [0.29, 0.717) is 22.4 Å². The average molecular weight is 362 g/mol. The number of carbonyl (C=O) groups excluding carboxylic acids is 1. The molecule has 1 amide bonds. The minimum Gasteiger partial charge on any atom is -0.483 e. The normalized spacial score (nSPS) is 11.0. The number of ether oxygens (including phenoxy) is 1. The van der Waals surface area contributed by atoms with Crippen LogP contribution in [0.4, 0.5) is 5.69 Å². The van der Waals surface area contributed by atoms with Crippen LogP contribution in [-0.4, -0.2) is 17.5 Å². The van der Waals surface area contributed by atoms with E-state index in [2.05, 4.69) is 10.3 Å². The van der Waals surface area contributed by atoms with Crippen LogP contribution in [0.15, 0.2) is 57.9 Å². The third-order valence-corrected chi connectivity index (χ3v) is 4.35. The second-order valence-electron chi connectivity index (χ2n) is 6.50. The van der Waals surface area contributed by atoms with Gasteiger partial charge in [-0.25, -0.2) is 4.79 Å². The number of hydrogen-bond acceptors (Lipinski definition) is 4. The van der Waals surface area contributed by atoms with Gasteiger partial charge in [-0.05, 0) is 61.4 Å². The highest BCUT2D eigenvalue weighted by Gasteiger charge is 2.12. The molecular weight excluding hydrogens is 344 g/mol. The first-order valence-corrected chi connectivity index (χ1v) is 8.54. The number of rotatable bonds is 4. The molecule has 4 rings (SSSR count). The summed E-state index contributed by atoms with van der Waals surface area (Å²) in [5, 5.41) is 4.54. The Morgan fingerprint density at radius 3 is 2.85 bits per heavy atom. The van der Waals surface area contributed by atoms with Crippen LogP contribution >= 0.6 is 0 Å². The minimum absolute atomic E-state index is 0.151. The molecule has 2 aromatic heterocycles. The fraction of sp³-hybridized carbons (Fsp3) is 0.143. The van der Waals surface area contributed by atoms with Gasteiger partial charge in [0.15, 0.2) is 6.61 Å². The van der Waals surface area contributed by atoms with Gasteiger partial charge in [-0.3, -0.25) is 4.79 Å². The van der Waals surface area contributed by atoms with Crippen LogP contribution in [-0.2, 0) is 4.79 Å². The predicted octanol–water partition coefficient (Wildman–Crippen LogP) is 3.91. The summed E-state index contributed by atoms with van der Waals surface area (Å²) in [6.07, 6.45) is 1.85. The van der Waals surface area contributed by atoms with Gasteiger partial charge in [-0.15, -0.1) is 0 Å². The predicted molar refractivity (Wildman–Crippen MR) is 104 cm³/mol. The Morgan fingerprint density at radius 2 is 2.00 bits per heavy atom. The van der Waals surface area contributed by atoms with Crippen molar-refractivity contribution in [2.75, 3.05) is 11.9 Å². The zero-order chi connectivity index (χ0) is 19.0. The van der Waals surface area contributed by atoms with E-state index in [0.717, 1.165) is 22.0 Å². The fourth-order valence-corrected chi connectivity index (χ4v) is 3.16. The Labute approximate surface area is 154 Å². The Bertz CT molecular complexity index is 1220. The molecule has 0 aliphatic rings. The number of nitrogens with one attached hydrogen (secondary N) is 2. The molecule has 0 spiro atoms. The standard InChI is InChI=1S/C21H18N2O4/c1-12-7-17(21-13(2)9-20(25)27-18(21)8-12)26-11-19(24)23-15-3-4-16-14(10-15)5-6-22-16/h3-10,22H,11H2,1-2H3,(H,23,24). The molecule has 2 aromatic carbocycles. The maximum Gasteiger partial charge on any atom is 0.336 e. The third kappa shape index (κ3) is 3.42. The first-order valence-electron chi connectivity index (χ1n) is 8.54. The molecule has 2 N–H and O–H groups in total. The summed E-state index contributed by atoms with van der Waals surface area (Å²) in [6, 6.07) is 12.6. The van der Waals surface area contributed by atoms with E-state index >= 15 is 0 Å². The second kappa shape index (κ2) is 6.64. The number of anilines is 1. The summed E-state index contributed by atoms with van der Waals surface area (Å²) >= 11 is 0. The van der Waals surface area contributed by atoms with E-state index < -0.39 is 5.63 Å². The van der Waals surface area contributed by atoms with E-state index in [1.54, 1.807) is 6.07 Å². The zero-order valence-electron chi connectivity index (χ0n) is 15.0. The van der Waals surface area contributed by atoms with Gasteiger partial charge in [0, 0.05) is 28.9 Å². The van der Waals surface area contributed by atoms with Crippen molar-refractivity contribution in [1.29, 1.82) is 0 Å². The highest BCUT2D eigenvalue weighted by Crippen LogP contribution is 2.29. The number of amides is 1. The molecule has 0 saturated heterocycles. The summed E-state index contributed by atoms with van der Waals surface area (Å²) in [5.41, 5.74) is 3.38. The molecular formula is C21H18N2O4. The summed E-state index contributed by atoms with van der Waals surface area (Å²) in [6.45, 7) is 3.54. The van der Waals surface area contributed by atoms with Crippen LogP contribution in [0.3, 0.4) is 0 Å². The van der Waals surface area contributed by atoms with E-state index in [4.69, 9.17) is 9.15 Å². The van der Waals surface area contributed by atoms with Crippen molar-refractivity contribution >= 4 is 33.5 Å². The molecule has 0 aliphatic carbocycles. The maximum atomic E-state index is 12.3. The topological polar surface area (TPSA) is 84.3 Å². The highest BCUT2D eigenvalue weighted by molar-refractivity contribution is 5.95. The smallest absolute Gasteiger partial charge is 0.336 e. The van der Waals surface area contributed by atoms with Crippen molar-refractivity contribution in [3.05, 3.63) is 70.2 Å². The highest BCUT2D eigenvalue weighted by atomic mass is 16.5. The van der Waals surface area contributed by atoms with Gasteiger partial charge in [0.1, 0.15) is 11.3 Å². The van der Waals surface area contributed by atoms with Crippen molar-refractivity contribution < 1.29 is 13.9 Å². The first-order chi connectivity index (χ1) is 13.0. The van der Waals surface area contributed by atoms with Crippen LogP contribution in [0.5, 0.6) is 5.75 Å². The van der Waals surface area contributed by atoms with Gasteiger partial charge < -0.3 is 19.5 Å². The summed E-state index contributed by atoms with van der Waals surface area (Å²) in [4.78, 5) is 27.0. The molecule has 0 bridgehead atoms. The van der Waals surface area contributed by atoms with Gasteiger partial charge in [0.05, 0.1) is 5.39 Å². The lowest BCUT2D eigenvalue weighted by molar-refractivity contribution is -0.118. The molecule has 0 unspecified atom stereocenters. The molecule has 136 valence electrons. The zero-order valence-corrected chi connectivity index (χ0v) is 15.0. The molecule has 0 saturated carbocycles. The van der Waals surface area contributed by atoms with Crippen molar-refractivity contribution in [2.45, 2.75) is 13.8 Å². The molecule has 0 atom stereocenters. The van der Waals surface area contributed by atoms with E-state index in [1.807, 2.05) is 50.4 Å².